The first kappa shape index (κ1) is 31.9. The van der Waals surface area contributed by atoms with E-state index in [9.17, 15) is 14.9 Å². The van der Waals surface area contributed by atoms with E-state index in [0.717, 1.165) is 6.07 Å². The maximum Gasteiger partial charge on any atom is 0.278 e. The molecule has 2 aromatic heterocycles. The van der Waals surface area contributed by atoms with Gasteiger partial charge in [0.2, 0.25) is 5.91 Å². The third-order valence-electron chi connectivity index (χ3n) is 9.67. The first-order chi connectivity index (χ1) is 21.7. The van der Waals surface area contributed by atoms with Gasteiger partial charge in [-0.2, -0.15) is 5.26 Å². The fourth-order valence-corrected chi connectivity index (χ4v) is 6.82. The molecule has 46 heavy (non-hydrogen) atoms. The number of aromatic nitrogens is 3. The smallest absolute Gasteiger partial charge is 0.278 e. The molecule has 4 aliphatic rings. The molecule has 2 fully saturated rings. The van der Waals surface area contributed by atoms with Gasteiger partial charge >= 0.3 is 0 Å². The first-order valence-corrected chi connectivity index (χ1v) is 15.7. The molecule has 13 heteroatoms. The number of nitrogens with zero attached hydrogens (tertiary/aromatic N) is 5. The zero-order valence-corrected chi connectivity index (χ0v) is 26.1. The molecule has 3 aromatic rings. The number of halogens is 4. The van der Waals surface area contributed by atoms with Crippen molar-refractivity contribution in [2.75, 3.05) is 31.5 Å². The molecule has 1 unspecified atom stereocenters. The molecule has 1 amide bonds. The minimum Gasteiger partial charge on any atom is -0.363 e. The van der Waals surface area contributed by atoms with Gasteiger partial charge in [-0.15, -0.1) is 0 Å². The minimum absolute atomic E-state index is 0.00160. The van der Waals surface area contributed by atoms with E-state index in [1.807, 2.05) is 0 Å². The number of piperidine rings is 1. The summed E-state index contributed by atoms with van der Waals surface area (Å²) in [4.78, 5) is 37.7. The Balaban J connectivity index is 1.49. The van der Waals surface area contributed by atoms with Crippen LogP contribution < -0.4 is 16.2 Å². The molecule has 244 valence electrons. The molecule has 1 aliphatic carbocycles. The molecule has 7 rings (SSSR count). The number of nitrogens with one attached hydrogen (secondary N) is 2. The van der Waals surface area contributed by atoms with Crippen LogP contribution in [0.5, 0.6) is 0 Å². The Morgan fingerprint density at radius 1 is 1.07 bits per heavy atom. The molecule has 3 aliphatic heterocycles. The number of hydrogen-bond donors (Lipinski definition) is 2. The third-order valence-corrected chi connectivity index (χ3v) is 9.67. The lowest BCUT2D eigenvalue weighted by Crippen LogP contribution is -2.46. The predicted molar refractivity (Wildman–Crippen MR) is 164 cm³/mol. The topological polar surface area (TPSA) is 116 Å². The number of benzene rings is 1. The van der Waals surface area contributed by atoms with Crippen LogP contribution in [0, 0.1) is 30.0 Å². The van der Waals surface area contributed by atoms with Gasteiger partial charge in [0.1, 0.15) is 35.3 Å². The molecule has 1 saturated carbocycles. The number of hydrogen-bond acceptors (Lipinski definition) is 7. The van der Waals surface area contributed by atoms with Crippen LogP contribution >= 0.6 is 0 Å². The fourth-order valence-electron chi connectivity index (χ4n) is 6.82. The SMILES string of the molecule is Cc1nc2c3cc(C4(C#N)CC4)c(=O)n(c3n1)CC(=O)NCCC(C)(F)CN1CCC(CC1)C(F)(F)c1cccc(c1F)[C@@H](C)N2. The van der Waals surface area contributed by atoms with Crippen LogP contribution in [0.25, 0.3) is 11.0 Å². The Morgan fingerprint density at radius 3 is 2.46 bits per heavy atom. The van der Waals surface area contributed by atoms with E-state index in [1.165, 1.54) is 29.7 Å². The van der Waals surface area contributed by atoms with Gasteiger partial charge < -0.3 is 15.5 Å². The molecular weight excluding hydrogens is 602 g/mol. The van der Waals surface area contributed by atoms with Crippen molar-refractivity contribution < 1.29 is 22.4 Å². The highest BCUT2D eigenvalue weighted by Gasteiger charge is 2.48. The molecule has 8 bridgehead atoms. The summed E-state index contributed by atoms with van der Waals surface area (Å²) in [7, 11) is 0. The van der Waals surface area contributed by atoms with E-state index in [2.05, 4.69) is 26.7 Å². The van der Waals surface area contributed by atoms with Crippen molar-refractivity contribution in [2.24, 2.45) is 5.92 Å². The van der Waals surface area contributed by atoms with Gasteiger partial charge in [-0.3, -0.25) is 14.2 Å². The lowest BCUT2D eigenvalue weighted by atomic mass is 9.85. The summed E-state index contributed by atoms with van der Waals surface area (Å²) in [6.45, 7) is 4.64. The summed E-state index contributed by atoms with van der Waals surface area (Å²) >= 11 is 0. The molecule has 1 saturated heterocycles. The van der Waals surface area contributed by atoms with E-state index >= 15 is 17.6 Å². The lowest BCUT2D eigenvalue weighted by molar-refractivity contribution is -0.121. The number of carbonyl (C=O) groups is 1. The molecule has 0 spiro atoms. The second kappa shape index (κ2) is 11.6. The van der Waals surface area contributed by atoms with Gasteiger partial charge in [0.05, 0.1) is 28.5 Å². The van der Waals surface area contributed by atoms with Crippen LogP contribution in [-0.2, 0) is 22.7 Å². The Hall–Kier alpha value is -4.05. The van der Waals surface area contributed by atoms with Crippen LogP contribution in [0.4, 0.5) is 23.4 Å². The number of amides is 1. The zero-order chi connectivity index (χ0) is 33.0. The van der Waals surface area contributed by atoms with Gasteiger partial charge in [-0.25, -0.2) is 27.5 Å². The van der Waals surface area contributed by atoms with Crippen molar-refractivity contribution in [2.45, 2.75) is 82.5 Å². The number of fused-ring (bicyclic) bond motifs is 9. The molecule has 2 N–H and O–H groups in total. The molecule has 9 nitrogen and oxygen atoms in total. The Bertz CT molecular complexity index is 1790. The molecule has 5 heterocycles. The Labute approximate surface area is 264 Å². The highest BCUT2D eigenvalue weighted by Crippen LogP contribution is 2.47. The average molecular weight is 640 g/mol. The highest BCUT2D eigenvalue weighted by atomic mass is 19.3. The number of anilines is 1. The van der Waals surface area contributed by atoms with E-state index in [4.69, 9.17) is 0 Å². The molecule has 0 radical (unpaired) electrons. The lowest BCUT2D eigenvalue weighted by Gasteiger charge is -2.38. The quantitative estimate of drug-likeness (QED) is 0.360. The van der Waals surface area contributed by atoms with Crippen LogP contribution in [0.2, 0.25) is 0 Å². The Morgan fingerprint density at radius 2 is 1.78 bits per heavy atom. The van der Waals surface area contributed by atoms with Crippen molar-refractivity contribution in [3.8, 4) is 6.07 Å². The van der Waals surface area contributed by atoms with Gasteiger partial charge in [-0.05, 0) is 72.0 Å². The number of nitriles is 1. The summed E-state index contributed by atoms with van der Waals surface area (Å²) in [6, 6.07) is 6.87. The summed E-state index contributed by atoms with van der Waals surface area (Å²) < 4.78 is 64.6. The number of carbonyl (C=O) groups excluding carboxylic acids is 1. The number of alkyl halides is 3. The van der Waals surface area contributed by atoms with Crippen LogP contribution in [0.15, 0.2) is 29.1 Å². The van der Waals surface area contributed by atoms with E-state index in [1.54, 1.807) is 18.7 Å². The highest BCUT2D eigenvalue weighted by molar-refractivity contribution is 5.89. The largest absolute Gasteiger partial charge is 0.363 e. The summed E-state index contributed by atoms with van der Waals surface area (Å²) in [5.74, 6) is -5.69. The van der Waals surface area contributed by atoms with Gasteiger partial charge in [0.25, 0.3) is 11.5 Å². The van der Waals surface area contributed by atoms with Gasteiger partial charge in [-0.1, -0.05) is 18.2 Å². The number of pyridine rings is 1. The second-order valence-electron chi connectivity index (χ2n) is 13.3. The summed E-state index contributed by atoms with van der Waals surface area (Å²) in [5.41, 5.74) is -3.68. The van der Waals surface area contributed by atoms with Gasteiger partial charge in [0, 0.05) is 30.1 Å². The standard InChI is InChI=1S/C33H37F4N7O2/c1-19-22-5-4-6-24(27(22)34)33(36,37)21-7-13-43(14-8-21)18-31(3,35)11-12-39-26(45)16-44-29-23(28(40-19)41-20(2)42-29)15-25(30(44)46)32(17-38)9-10-32/h4-6,15,19,21H,7-14,16,18H2,1-3H3,(H,39,45)(H,40,41,42)/t19-,31?/m1/s1. The molecule has 1 aromatic carbocycles. The molecular formula is C33H37F4N7O2. The first-order valence-electron chi connectivity index (χ1n) is 15.7. The van der Waals surface area contributed by atoms with E-state index in [0.29, 0.717) is 18.2 Å². The number of rotatable bonds is 1. The van der Waals surface area contributed by atoms with Crippen molar-refractivity contribution in [3.63, 3.8) is 0 Å². The summed E-state index contributed by atoms with van der Waals surface area (Å²) in [5, 5.41) is 16.1. The van der Waals surface area contributed by atoms with Crippen LogP contribution in [-0.4, -0.2) is 57.2 Å². The second-order valence-corrected chi connectivity index (χ2v) is 13.3. The maximum atomic E-state index is 16.0. The maximum absolute atomic E-state index is 16.0. The van der Waals surface area contributed by atoms with E-state index in [-0.39, 0.29) is 73.9 Å². The van der Waals surface area contributed by atoms with Crippen molar-refractivity contribution in [1.29, 1.82) is 5.26 Å². The zero-order valence-electron chi connectivity index (χ0n) is 26.1. The van der Waals surface area contributed by atoms with E-state index < -0.39 is 58.4 Å². The van der Waals surface area contributed by atoms with Gasteiger partial charge in [0.15, 0.2) is 0 Å². The normalized spacial score (nSPS) is 27.7. The third kappa shape index (κ3) is 5.83. The summed E-state index contributed by atoms with van der Waals surface area (Å²) in [6.07, 6.45) is 1.04. The van der Waals surface area contributed by atoms with Crippen molar-refractivity contribution in [1.82, 2.24) is 24.8 Å². The Kier molecular flexibility index (Phi) is 8.07. The van der Waals surface area contributed by atoms with Crippen molar-refractivity contribution >= 4 is 22.8 Å². The van der Waals surface area contributed by atoms with Crippen molar-refractivity contribution in [3.05, 3.63) is 63.0 Å². The minimum atomic E-state index is -3.45. The predicted octanol–water partition coefficient (Wildman–Crippen LogP) is 5.02. The fraction of sp³-hybridized carbons (Fsp3) is 0.545. The number of aryl methyl sites for hydroxylation is 1. The average Bonchev–Trinajstić information content (AvgIpc) is 3.79. The van der Waals surface area contributed by atoms with Crippen LogP contribution in [0.1, 0.15) is 74.5 Å². The monoisotopic (exact) mass is 639 g/mol. The molecule has 2 atom stereocenters. The van der Waals surface area contributed by atoms with Crippen LogP contribution in [0.3, 0.4) is 0 Å².